The lowest BCUT2D eigenvalue weighted by atomic mass is 9.95. The zero-order chi connectivity index (χ0) is 10.7. The molecule has 0 spiro atoms. The molecule has 15 heavy (non-hydrogen) atoms. The van der Waals surface area contributed by atoms with Crippen LogP contribution in [0.15, 0.2) is 0 Å². The van der Waals surface area contributed by atoms with Crippen LogP contribution in [0.2, 0.25) is 0 Å². The summed E-state index contributed by atoms with van der Waals surface area (Å²) in [4.78, 5) is 2.68. The molecular formula is C13H26N2. The van der Waals surface area contributed by atoms with Crippen molar-refractivity contribution in [2.24, 2.45) is 17.8 Å². The van der Waals surface area contributed by atoms with E-state index in [0.717, 1.165) is 17.8 Å². The van der Waals surface area contributed by atoms with Crippen molar-refractivity contribution in [1.82, 2.24) is 10.2 Å². The molecule has 2 fully saturated rings. The SMILES string of the molecule is CC(C)C1CCN(CCC2CCNC2)C1. The van der Waals surface area contributed by atoms with E-state index in [-0.39, 0.29) is 0 Å². The third kappa shape index (κ3) is 3.18. The van der Waals surface area contributed by atoms with Gasteiger partial charge in [-0.05, 0) is 63.2 Å². The normalized spacial score (nSPS) is 33.0. The number of nitrogens with one attached hydrogen (secondary N) is 1. The Labute approximate surface area is 94.4 Å². The summed E-state index contributed by atoms with van der Waals surface area (Å²) in [6, 6.07) is 0. The van der Waals surface area contributed by atoms with Crippen LogP contribution in [0.5, 0.6) is 0 Å². The minimum Gasteiger partial charge on any atom is -0.316 e. The van der Waals surface area contributed by atoms with Crippen LogP contribution in [0.4, 0.5) is 0 Å². The Hall–Kier alpha value is -0.0800. The molecule has 2 rings (SSSR count). The number of nitrogens with zero attached hydrogens (tertiary/aromatic N) is 1. The summed E-state index contributed by atoms with van der Waals surface area (Å²) in [6.45, 7) is 11.3. The van der Waals surface area contributed by atoms with Gasteiger partial charge < -0.3 is 10.2 Å². The van der Waals surface area contributed by atoms with Gasteiger partial charge in [-0.3, -0.25) is 0 Å². The summed E-state index contributed by atoms with van der Waals surface area (Å²) in [5, 5.41) is 3.46. The Morgan fingerprint density at radius 2 is 2.20 bits per heavy atom. The van der Waals surface area contributed by atoms with Crippen LogP contribution in [0.25, 0.3) is 0 Å². The third-order valence-electron chi connectivity index (χ3n) is 4.27. The Balaban J connectivity index is 1.64. The van der Waals surface area contributed by atoms with Crippen LogP contribution < -0.4 is 5.32 Å². The van der Waals surface area contributed by atoms with Crippen LogP contribution in [-0.4, -0.2) is 37.6 Å². The average Bonchev–Trinajstić information content (AvgIpc) is 2.86. The lowest BCUT2D eigenvalue weighted by Crippen LogP contribution is -2.25. The minimum atomic E-state index is 0.878. The summed E-state index contributed by atoms with van der Waals surface area (Å²) in [6.07, 6.45) is 4.25. The topological polar surface area (TPSA) is 15.3 Å². The summed E-state index contributed by atoms with van der Waals surface area (Å²) in [7, 11) is 0. The Morgan fingerprint density at radius 1 is 1.33 bits per heavy atom. The first kappa shape index (κ1) is 11.4. The molecule has 2 nitrogen and oxygen atoms in total. The Kier molecular flexibility index (Phi) is 4.04. The minimum absolute atomic E-state index is 0.878. The second-order valence-corrected chi connectivity index (χ2v) is 5.74. The van der Waals surface area contributed by atoms with Gasteiger partial charge in [-0.25, -0.2) is 0 Å². The van der Waals surface area contributed by atoms with Gasteiger partial charge in [0.05, 0.1) is 0 Å². The van der Waals surface area contributed by atoms with Crippen molar-refractivity contribution in [2.45, 2.75) is 33.1 Å². The van der Waals surface area contributed by atoms with Crippen molar-refractivity contribution < 1.29 is 0 Å². The van der Waals surface area contributed by atoms with Gasteiger partial charge in [0, 0.05) is 6.54 Å². The van der Waals surface area contributed by atoms with Crippen LogP contribution in [0.1, 0.15) is 33.1 Å². The molecule has 2 aliphatic rings. The van der Waals surface area contributed by atoms with E-state index < -0.39 is 0 Å². The van der Waals surface area contributed by atoms with E-state index in [9.17, 15) is 0 Å². The first-order valence-corrected chi connectivity index (χ1v) is 6.69. The highest BCUT2D eigenvalue weighted by atomic mass is 15.1. The summed E-state index contributed by atoms with van der Waals surface area (Å²) in [5.41, 5.74) is 0. The number of hydrogen-bond donors (Lipinski definition) is 1. The predicted molar refractivity (Wildman–Crippen MR) is 65.0 cm³/mol. The van der Waals surface area contributed by atoms with Crippen molar-refractivity contribution in [3.8, 4) is 0 Å². The van der Waals surface area contributed by atoms with E-state index in [1.54, 1.807) is 0 Å². The van der Waals surface area contributed by atoms with Crippen LogP contribution in [-0.2, 0) is 0 Å². The Bertz CT molecular complexity index is 185. The second-order valence-electron chi connectivity index (χ2n) is 5.74. The van der Waals surface area contributed by atoms with Crippen molar-refractivity contribution >= 4 is 0 Å². The molecule has 0 radical (unpaired) electrons. The fourth-order valence-corrected chi connectivity index (χ4v) is 2.94. The molecular weight excluding hydrogens is 184 g/mol. The maximum Gasteiger partial charge on any atom is 0.00126 e. The Morgan fingerprint density at radius 3 is 2.80 bits per heavy atom. The first-order chi connectivity index (χ1) is 7.25. The van der Waals surface area contributed by atoms with Gasteiger partial charge in [-0.2, -0.15) is 0 Å². The molecule has 1 N–H and O–H groups in total. The van der Waals surface area contributed by atoms with Crippen molar-refractivity contribution in [2.75, 3.05) is 32.7 Å². The van der Waals surface area contributed by atoms with Gasteiger partial charge in [-0.1, -0.05) is 13.8 Å². The molecule has 0 amide bonds. The highest BCUT2D eigenvalue weighted by Gasteiger charge is 2.25. The summed E-state index contributed by atoms with van der Waals surface area (Å²) in [5.74, 6) is 2.80. The predicted octanol–water partition coefficient (Wildman–Crippen LogP) is 1.96. The van der Waals surface area contributed by atoms with Crippen molar-refractivity contribution in [1.29, 1.82) is 0 Å². The van der Waals surface area contributed by atoms with Gasteiger partial charge in [0.1, 0.15) is 0 Å². The highest BCUT2D eigenvalue weighted by Crippen LogP contribution is 2.24. The molecule has 2 saturated heterocycles. The largest absolute Gasteiger partial charge is 0.316 e. The van der Waals surface area contributed by atoms with Gasteiger partial charge >= 0.3 is 0 Å². The highest BCUT2D eigenvalue weighted by molar-refractivity contribution is 4.79. The lowest BCUT2D eigenvalue weighted by molar-refractivity contribution is 0.282. The van der Waals surface area contributed by atoms with Crippen LogP contribution in [0.3, 0.4) is 0 Å². The molecule has 0 saturated carbocycles. The maximum absolute atomic E-state index is 3.46. The van der Waals surface area contributed by atoms with E-state index in [0.29, 0.717) is 0 Å². The standard InChI is InChI=1S/C13H26N2/c1-11(2)13-5-8-15(10-13)7-4-12-3-6-14-9-12/h11-14H,3-10H2,1-2H3. The molecule has 0 aromatic rings. The lowest BCUT2D eigenvalue weighted by Gasteiger charge is -2.19. The third-order valence-corrected chi connectivity index (χ3v) is 4.27. The monoisotopic (exact) mass is 210 g/mol. The van der Waals surface area contributed by atoms with E-state index in [1.165, 1.54) is 52.0 Å². The molecule has 2 atom stereocenters. The smallest absolute Gasteiger partial charge is 0.00126 e. The average molecular weight is 210 g/mol. The molecule has 0 aromatic carbocycles. The van der Waals surface area contributed by atoms with Gasteiger partial charge in [0.15, 0.2) is 0 Å². The van der Waals surface area contributed by atoms with Gasteiger partial charge in [0.25, 0.3) is 0 Å². The molecule has 0 bridgehead atoms. The molecule has 0 aliphatic carbocycles. The summed E-state index contributed by atoms with van der Waals surface area (Å²) >= 11 is 0. The first-order valence-electron chi connectivity index (χ1n) is 6.69. The van der Waals surface area contributed by atoms with E-state index in [2.05, 4.69) is 24.1 Å². The number of rotatable bonds is 4. The molecule has 0 aromatic heterocycles. The van der Waals surface area contributed by atoms with Crippen molar-refractivity contribution in [3.05, 3.63) is 0 Å². The van der Waals surface area contributed by atoms with Gasteiger partial charge in [-0.15, -0.1) is 0 Å². The molecule has 2 heterocycles. The number of hydrogen-bond acceptors (Lipinski definition) is 2. The summed E-state index contributed by atoms with van der Waals surface area (Å²) < 4.78 is 0. The molecule has 2 aliphatic heterocycles. The van der Waals surface area contributed by atoms with Crippen LogP contribution >= 0.6 is 0 Å². The fourth-order valence-electron chi connectivity index (χ4n) is 2.94. The quantitative estimate of drug-likeness (QED) is 0.763. The molecule has 88 valence electrons. The van der Waals surface area contributed by atoms with Gasteiger partial charge in [0.2, 0.25) is 0 Å². The van der Waals surface area contributed by atoms with E-state index in [1.807, 2.05) is 0 Å². The zero-order valence-electron chi connectivity index (χ0n) is 10.3. The second kappa shape index (κ2) is 5.31. The maximum atomic E-state index is 3.46. The van der Waals surface area contributed by atoms with E-state index >= 15 is 0 Å². The zero-order valence-corrected chi connectivity index (χ0v) is 10.3. The van der Waals surface area contributed by atoms with Crippen molar-refractivity contribution in [3.63, 3.8) is 0 Å². The van der Waals surface area contributed by atoms with Crippen LogP contribution in [0, 0.1) is 17.8 Å². The van der Waals surface area contributed by atoms with E-state index in [4.69, 9.17) is 0 Å². The number of likely N-dealkylation sites (tertiary alicyclic amines) is 1. The molecule has 2 heteroatoms. The fraction of sp³-hybridized carbons (Fsp3) is 1.00. The molecule has 2 unspecified atom stereocenters.